The van der Waals surface area contributed by atoms with Crippen LogP contribution in [0.5, 0.6) is 11.5 Å². The Balaban J connectivity index is 1.23. The highest BCUT2D eigenvalue weighted by atomic mass is 32.2. The second-order valence-corrected chi connectivity index (χ2v) is 9.27. The number of thioether (sulfide) groups is 1. The molecule has 0 N–H and O–H groups in total. The topological polar surface area (TPSA) is 79.4 Å². The third kappa shape index (κ3) is 4.59. The molecule has 2 aromatic carbocycles. The van der Waals surface area contributed by atoms with Crippen LogP contribution >= 0.6 is 11.8 Å². The summed E-state index contributed by atoms with van der Waals surface area (Å²) >= 11 is 1.25. The predicted molar refractivity (Wildman–Crippen MR) is 130 cm³/mol. The van der Waals surface area contributed by atoms with E-state index in [0.29, 0.717) is 29.8 Å². The molecule has 0 aliphatic carbocycles. The number of carbonyl (C=O) groups excluding carboxylic acids is 1. The first-order chi connectivity index (χ1) is 16.5. The van der Waals surface area contributed by atoms with Crippen LogP contribution in [0.1, 0.15) is 27.3 Å². The first-order valence-electron chi connectivity index (χ1n) is 11.1. The van der Waals surface area contributed by atoms with E-state index in [9.17, 15) is 4.79 Å². The SMILES string of the molecule is Cc1ccc(-c2nnc(SCC(=O)c3cc(C)n(CC4COc5ccccc5O4)c3C)o2)cc1. The fourth-order valence-electron chi connectivity index (χ4n) is 4.01. The van der Waals surface area contributed by atoms with Crippen molar-refractivity contribution < 1.29 is 18.7 Å². The predicted octanol–water partition coefficient (Wildman–Crippen LogP) is 5.28. The minimum atomic E-state index is -0.129. The number of Topliss-reactive ketones (excluding diaryl/α,β-unsaturated/α-hetero) is 1. The third-order valence-corrected chi connectivity index (χ3v) is 6.68. The molecule has 2 aromatic heterocycles. The van der Waals surface area contributed by atoms with Crippen LogP contribution < -0.4 is 9.47 Å². The summed E-state index contributed by atoms with van der Waals surface area (Å²) in [5.41, 5.74) is 4.63. The molecule has 0 saturated heterocycles. The number of aromatic nitrogens is 3. The van der Waals surface area contributed by atoms with Gasteiger partial charge in [-0.2, -0.15) is 0 Å². The number of rotatable bonds is 7. The van der Waals surface area contributed by atoms with Gasteiger partial charge in [0.15, 0.2) is 23.4 Å². The van der Waals surface area contributed by atoms with Crippen molar-refractivity contribution >= 4 is 17.5 Å². The van der Waals surface area contributed by atoms with Gasteiger partial charge in [0, 0.05) is 22.5 Å². The third-order valence-electron chi connectivity index (χ3n) is 5.86. The molecule has 1 aliphatic heterocycles. The van der Waals surface area contributed by atoms with E-state index in [1.807, 2.05) is 75.4 Å². The van der Waals surface area contributed by atoms with Gasteiger partial charge in [-0.15, -0.1) is 10.2 Å². The molecule has 1 aliphatic rings. The summed E-state index contributed by atoms with van der Waals surface area (Å²) in [6.07, 6.45) is -0.129. The van der Waals surface area contributed by atoms with E-state index in [4.69, 9.17) is 13.9 Å². The highest BCUT2D eigenvalue weighted by molar-refractivity contribution is 7.99. The molecule has 0 bridgehead atoms. The highest BCUT2D eigenvalue weighted by Crippen LogP contribution is 2.32. The first-order valence-corrected chi connectivity index (χ1v) is 12.1. The summed E-state index contributed by atoms with van der Waals surface area (Å²) in [6, 6.07) is 17.5. The highest BCUT2D eigenvalue weighted by Gasteiger charge is 2.24. The van der Waals surface area contributed by atoms with Gasteiger partial charge in [-0.1, -0.05) is 41.6 Å². The van der Waals surface area contributed by atoms with Crippen molar-refractivity contribution in [3.8, 4) is 23.0 Å². The van der Waals surface area contributed by atoms with Crippen molar-refractivity contribution in [1.29, 1.82) is 0 Å². The van der Waals surface area contributed by atoms with Gasteiger partial charge < -0.3 is 18.5 Å². The molecule has 0 amide bonds. The molecule has 7 nitrogen and oxygen atoms in total. The zero-order valence-electron chi connectivity index (χ0n) is 19.3. The quantitative estimate of drug-likeness (QED) is 0.266. The van der Waals surface area contributed by atoms with Crippen LogP contribution in [-0.4, -0.2) is 39.0 Å². The summed E-state index contributed by atoms with van der Waals surface area (Å²) in [7, 11) is 0. The van der Waals surface area contributed by atoms with Crippen molar-refractivity contribution in [1.82, 2.24) is 14.8 Å². The number of nitrogens with zero attached hydrogens (tertiary/aromatic N) is 3. The van der Waals surface area contributed by atoms with Crippen molar-refractivity contribution in [3.63, 3.8) is 0 Å². The second-order valence-electron chi connectivity index (χ2n) is 8.34. The van der Waals surface area contributed by atoms with E-state index in [1.165, 1.54) is 11.8 Å². The molecule has 174 valence electrons. The van der Waals surface area contributed by atoms with Crippen LogP contribution in [-0.2, 0) is 6.54 Å². The largest absolute Gasteiger partial charge is 0.486 e. The number of aryl methyl sites for hydroxylation is 2. The average Bonchev–Trinajstić information content (AvgIpc) is 3.43. The lowest BCUT2D eigenvalue weighted by Gasteiger charge is -2.27. The van der Waals surface area contributed by atoms with Gasteiger partial charge in [0.25, 0.3) is 5.22 Å². The molecule has 4 aromatic rings. The van der Waals surface area contributed by atoms with Crippen LogP contribution in [0.2, 0.25) is 0 Å². The van der Waals surface area contributed by atoms with Gasteiger partial charge in [-0.05, 0) is 51.1 Å². The number of hydrogen-bond acceptors (Lipinski definition) is 7. The summed E-state index contributed by atoms with van der Waals surface area (Å²) in [4.78, 5) is 13.0. The number of ketones is 1. The van der Waals surface area contributed by atoms with Crippen LogP contribution in [0.25, 0.3) is 11.5 Å². The molecule has 5 rings (SSSR count). The number of ether oxygens (including phenoxy) is 2. The van der Waals surface area contributed by atoms with Crippen LogP contribution in [0, 0.1) is 20.8 Å². The van der Waals surface area contributed by atoms with E-state index < -0.39 is 0 Å². The maximum atomic E-state index is 13.0. The first kappa shape index (κ1) is 22.3. The fraction of sp³-hybridized carbons (Fsp3) is 0.269. The molecule has 8 heteroatoms. The fourth-order valence-corrected chi connectivity index (χ4v) is 4.65. The van der Waals surface area contributed by atoms with E-state index in [1.54, 1.807) is 0 Å². The lowest BCUT2D eigenvalue weighted by Crippen LogP contribution is -2.33. The molecule has 0 spiro atoms. The van der Waals surface area contributed by atoms with Gasteiger partial charge in [0.2, 0.25) is 5.89 Å². The van der Waals surface area contributed by atoms with Gasteiger partial charge in [-0.3, -0.25) is 4.79 Å². The Morgan fingerprint density at radius 3 is 2.62 bits per heavy atom. The van der Waals surface area contributed by atoms with Gasteiger partial charge in [0.1, 0.15) is 6.61 Å². The zero-order valence-corrected chi connectivity index (χ0v) is 20.1. The van der Waals surface area contributed by atoms with E-state index in [0.717, 1.165) is 34.0 Å². The molecule has 0 saturated carbocycles. The van der Waals surface area contributed by atoms with E-state index in [-0.39, 0.29) is 17.6 Å². The number of para-hydroxylation sites is 2. The maximum absolute atomic E-state index is 13.0. The van der Waals surface area contributed by atoms with Gasteiger partial charge in [0.05, 0.1) is 12.3 Å². The maximum Gasteiger partial charge on any atom is 0.277 e. The normalized spacial score (nSPS) is 14.9. The number of hydrogen-bond donors (Lipinski definition) is 0. The number of benzene rings is 2. The standard InChI is InChI=1S/C26H25N3O4S/c1-16-8-10-19(11-9-16)25-27-28-26(33-25)34-15-22(30)21-12-17(2)29(18(21)3)13-20-14-31-23-6-4-5-7-24(23)32-20/h4-12,20H,13-15H2,1-3H3. The van der Waals surface area contributed by atoms with Crippen molar-refractivity contribution in [2.24, 2.45) is 0 Å². The van der Waals surface area contributed by atoms with Crippen molar-refractivity contribution in [3.05, 3.63) is 77.1 Å². The Kier molecular flexibility index (Phi) is 6.15. The average molecular weight is 476 g/mol. The Hall–Kier alpha value is -3.52. The molecule has 1 unspecified atom stereocenters. The molecule has 3 heterocycles. The monoisotopic (exact) mass is 475 g/mol. The molecule has 0 radical (unpaired) electrons. The minimum Gasteiger partial charge on any atom is -0.486 e. The van der Waals surface area contributed by atoms with Crippen LogP contribution in [0.4, 0.5) is 0 Å². The van der Waals surface area contributed by atoms with Crippen LogP contribution in [0.3, 0.4) is 0 Å². The van der Waals surface area contributed by atoms with Crippen molar-refractivity contribution in [2.45, 2.75) is 38.6 Å². The molecule has 1 atom stereocenters. The summed E-state index contributed by atoms with van der Waals surface area (Å²) < 4.78 is 19.8. The van der Waals surface area contributed by atoms with Gasteiger partial charge >= 0.3 is 0 Å². The summed E-state index contributed by atoms with van der Waals surface area (Å²) in [5.74, 6) is 2.20. The Labute approximate surface area is 202 Å². The molecule has 34 heavy (non-hydrogen) atoms. The number of fused-ring (bicyclic) bond motifs is 1. The second kappa shape index (κ2) is 9.38. The van der Waals surface area contributed by atoms with Gasteiger partial charge in [-0.25, -0.2) is 0 Å². The molecule has 0 fully saturated rings. The Morgan fingerprint density at radius 1 is 1.06 bits per heavy atom. The Morgan fingerprint density at radius 2 is 1.82 bits per heavy atom. The lowest BCUT2D eigenvalue weighted by molar-refractivity contribution is 0.0777. The molecular weight excluding hydrogens is 450 g/mol. The van der Waals surface area contributed by atoms with E-state index in [2.05, 4.69) is 14.8 Å². The Bertz CT molecular complexity index is 1330. The summed E-state index contributed by atoms with van der Waals surface area (Å²) in [6.45, 7) is 7.06. The molecular formula is C26H25N3O4S. The lowest BCUT2D eigenvalue weighted by atomic mass is 10.1. The summed E-state index contributed by atoms with van der Waals surface area (Å²) in [5, 5.41) is 8.56. The smallest absolute Gasteiger partial charge is 0.277 e. The minimum absolute atomic E-state index is 0.0191. The van der Waals surface area contributed by atoms with Crippen LogP contribution in [0.15, 0.2) is 64.2 Å². The zero-order chi connectivity index (χ0) is 23.7. The van der Waals surface area contributed by atoms with E-state index >= 15 is 0 Å². The van der Waals surface area contributed by atoms with Crippen molar-refractivity contribution in [2.75, 3.05) is 12.4 Å². The number of carbonyl (C=O) groups is 1.